The molecule has 0 aliphatic heterocycles. The topological polar surface area (TPSA) is 87.9 Å². The maximum atomic E-state index is 12.5. The summed E-state index contributed by atoms with van der Waals surface area (Å²) >= 11 is 0. The predicted octanol–water partition coefficient (Wildman–Crippen LogP) is 3.28. The lowest BCUT2D eigenvalue weighted by molar-refractivity contribution is -0.274. The summed E-state index contributed by atoms with van der Waals surface area (Å²) in [5.41, 5.74) is 0.295. The minimum Gasteiger partial charge on any atom is -0.459 e. The molecule has 1 aromatic carbocycles. The van der Waals surface area contributed by atoms with Crippen LogP contribution in [0, 0.1) is 0 Å². The second kappa shape index (κ2) is 12.2. The van der Waals surface area contributed by atoms with Crippen LogP contribution in [0.25, 0.3) is 0 Å². The van der Waals surface area contributed by atoms with Gasteiger partial charge >= 0.3 is 6.36 Å². The molecule has 160 valence electrons. The largest absolute Gasteiger partial charge is 0.573 e. The Balaban J connectivity index is 0.00000420. The number of alkyl halides is 3. The van der Waals surface area contributed by atoms with Crippen molar-refractivity contribution in [2.45, 2.75) is 19.8 Å². The molecule has 29 heavy (non-hydrogen) atoms. The lowest BCUT2D eigenvalue weighted by Crippen LogP contribution is -2.41. The van der Waals surface area contributed by atoms with Gasteiger partial charge in [0.1, 0.15) is 5.75 Å². The number of benzene rings is 1. The number of amides is 1. The molecule has 0 aliphatic carbocycles. The van der Waals surface area contributed by atoms with E-state index in [1.54, 1.807) is 18.2 Å². The standard InChI is InChI=1S/C18H21F3N4O3.HI/c1-2-22-17(24-10-9-23-16(26)15-8-5-11-27-15)25-12-13-6-3-4-7-14(13)28-18(19,20)21;/h3-8,11H,2,9-10,12H2,1H3,(H,23,26)(H2,22,24,25);1H. The van der Waals surface area contributed by atoms with Crippen molar-refractivity contribution in [3.63, 3.8) is 0 Å². The zero-order valence-corrected chi connectivity index (χ0v) is 17.9. The van der Waals surface area contributed by atoms with Crippen molar-refractivity contribution in [2.75, 3.05) is 19.6 Å². The molecule has 7 nitrogen and oxygen atoms in total. The van der Waals surface area contributed by atoms with Gasteiger partial charge in [-0.2, -0.15) is 0 Å². The second-order valence-electron chi connectivity index (χ2n) is 5.51. The van der Waals surface area contributed by atoms with Gasteiger partial charge in [0.2, 0.25) is 0 Å². The number of guanidine groups is 1. The normalized spacial score (nSPS) is 11.4. The number of para-hydroxylation sites is 1. The summed E-state index contributed by atoms with van der Waals surface area (Å²) in [6, 6.07) is 8.98. The molecule has 1 amide bonds. The summed E-state index contributed by atoms with van der Waals surface area (Å²) in [5, 5.41) is 8.64. The first-order valence-corrected chi connectivity index (χ1v) is 8.56. The van der Waals surface area contributed by atoms with Crippen LogP contribution in [0.5, 0.6) is 5.75 Å². The summed E-state index contributed by atoms with van der Waals surface area (Å²) in [7, 11) is 0. The van der Waals surface area contributed by atoms with Crippen molar-refractivity contribution in [3.8, 4) is 5.75 Å². The third-order valence-electron chi connectivity index (χ3n) is 3.40. The Labute approximate surface area is 183 Å². The van der Waals surface area contributed by atoms with Gasteiger partial charge in [-0.05, 0) is 25.1 Å². The third-order valence-corrected chi connectivity index (χ3v) is 3.40. The summed E-state index contributed by atoms with van der Waals surface area (Å²) in [6.45, 7) is 3.07. The summed E-state index contributed by atoms with van der Waals surface area (Å²) < 4.78 is 46.5. The van der Waals surface area contributed by atoms with Gasteiger partial charge in [-0.1, -0.05) is 18.2 Å². The van der Waals surface area contributed by atoms with Crippen LogP contribution < -0.4 is 20.7 Å². The van der Waals surface area contributed by atoms with E-state index in [-0.39, 0.29) is 47.9 Å². The first-order chi connectivity index (χ1) is 13.4. The number of nitrogens with one attached hydrogen (secondary N) is 3. The Bertz CT molecular complexity index is 783. The average molecular weight is 526 g/mol. The van der Waals surface area contributed by atoms with Crippen LogP contribution in [0.2, 0.25) is 0 Å². The molecule has 0 radical (unpaired) electrons. The zero-order valence-electron chi connectivity index (χ0n) is 15.6. The highest BCUT2D eigenvalue weighted by Gasteiger charge is 2.31. The molecule has 1 heterocycles. The highest BCUT2D eigenvalue weighted by molar-refractivity contribution is 14.0. The molecule has 1 aromatic heterocycles. The average Bonchev–Trinajstić information content (AvgIpc) is 3.17. The molecule has 0 unspecified atom stereocenters. The van der Waals surface area contributed by atoms with E-state index in [4.69, 9.17) is 4.42 Å². The van der Waals surface area contributed by atoms with Crippen molar-refractivity contribution >= 4 is 35.8 Å². The number of carbonyl (C=O) groups excluding carboxylic acids is 1. The monoisotopic (exact) mass is 526 g/mol. The van der Waals surface area contributed by atoms with Crippen molar-refractivity contribution in [3.05, 3.63) is 54.0 Å². The number of rotatable bonds is 8. The van der Waals surface area contributed by atoms with Gasteiger partial charge in [0.05, 0.1) is 12.8 Å². The van der Waals surface area contributed by atoms with Crippen LogP contribution in [0.1, 0.15) is 23.0 Å². The molecule has 2 rings (SSSR count). The molecule has 2 aromatic rings. The van der Waals surface area contributed by atoms with Gasteiger partial charge < -0.3 is 25.1 Å². The SMILES string of the molecule is CCNC(=NCc1ccccc1OC(F)(F)F)NCCNC(=O)c1ccco1.I. The number of hydrogen-bond donors (Lipinski definition) is 3. The Morgan fingerprint density at radius 3 is 2.48 bits per heavy atom. The minimum absolute atomic E-state index is 0. The lowest BCUT2D eigenvalue weighted by atomic mass is 10.2. The highest BCUT2D eigenvalue weighted by Crippen LogP contribution is 2.26. The molecule has 11 heteroatoms. The van der Waals surface area contributed by atoms with Crippen molar-refractivity contribution in [2.24, 2.45) is 4.99 Å². The van der Waals surface area contributed by atoms with Crippen LogP contribution in [0.3, 0.4) is 0 Å². The molecule has 0 saturated heterocycles. The van der Waals surface area contributed by atoms with Gasteiger partial charge in [-0.3, -0.25) is 4.79 Å². The Morgan fingerprint density at radius 1 is 1.10 bits per heavy atom. The fourth-order valence-electron chi connectivity index (χ4n) is 2.22. The zero-order chi connectivity index (χ0) is 20.4. The number of nitrogens with zero attached hydrogens (tertiary/aromatic N) is 1. The molecule has 0 saturated carbocycles. The summed E-state index contributed by atoms with van der Waals surface area (Å²) in [6.07, 6.45) is -3.36. The van der Waals surface area contributed by atoms with E-state index >= 15 is 0 Å². The maximum absolute atomic E-state index is 12.5. The number of hydrogen-bond acceptors (Lipinski definition) is 4. The van der Waals surface area contributed by atoms with Gasteiger partial charge in [-0.25, -0.2) is 4.99 Å². The van der Waals surface area contributed by atoms with E-state index in [1.165, 1.54) is 24.5 Å². The summed E-state index contributed by atoms with van der Waals surface area (Å²) in [4.78, 5) is 16.0. The quantitative estimate of drug-likeness (QED) is 0.213. The van der Waals surface area contributed by atoms with Crippen molar-refractivity contribution in [1.29, 1.82) is 0 Å². The first-order valence-electron chi connectivity index (χ1n) is 8.56. The van der Waals surface area contributed by atoms with Crippen LogP contribution in [0.4, 0.5) is 13.2 Å². The minimum atomic E-state index is -4.77. The maximum Gasteiger partial charge on any atom is 0.573 e. The molecule has 3 N–H and O–H groups in total. The van der Waals surface area contributed by atoms with E-state index < -0.39 is 6.36 Å². The number of furan rings is 1. The van der Waals surface area contributed by atoms with E-state index in [2.05, 4.69) is 25.7 Å². The summed E-state index contributed by atoms with van der Waals surface area (Å²) in [5.74, 6) is -0.0225. The van der Waals surface area contributed by atoms with Crippen LogP contribution in [-0.2, 0) is 6.54 Å². The Morgan fingerprint density at radius 2 is 1.83 bits per heavy atom. The molecule has 0 atom stereocenters. The van der Waals surface area contributed by atoms with Crippen molar-refractivity contribution < 1.29 is 27.1 Å². The number of carbonyl (C=O) groups is 1. The molecule has 0 fully saturated rings. The number of aliphatic imine (C=N–C) groups is 1. The van der Waals surface area contributed by atoms with Crippen LogP contribution in [-0.4, -0.2) is 37.9 Å². The Kier molecular flexibility index (Phi) is 10.3. The molecular formula is C18H22F3IN4O3. The van der Waals surface area contributed by atoms with E-state index in [0.717, 1.165) is 0 Å². The van der Waals surface area contributed by atoms with Gasteiger partial charge in [0, 0.05) is 25.2 Å². The van der Waals surface area contributed by atoms with E-state index in [0.29, 0.717) is 31.2 Å². The Hall–Kier alpha value is -2.44. The van der Waals surface area contributed by atoms with Gasteiger partial charge in [-0.15, -0.1) is 37.1 Å². The fraction of sp³-hybridized carbons (Fsp3) is 0.333. The third kappa shape index (κ3) is 9.07. The second-order valence-corrected chi connectivity index (χ2v) is 5.51. The van der Waals surface area contributed by atoms with Crippen molar-refractivity contribution in [1.82, 2.24) is 16.0 Å². The highest BCUT2D eigenvalue weighted by atomic mass is 127. The molecule has 0 aliphatic rings. The smallest absolute Gasteiger partial charge is 0.459 e. The fourth-order valence-corrected chi connectivity index (χ4v) is 2.22. The lowest BCUT2D eigenvalue weighted by Gasteiger charge is -2.14. The predicted molar refractivity (Wildman–Crippen MR) is 112 cm³/mol. The number of halogens is 4. The molecule has 0 bridgehead atoms. The van der Waals surface area contributed by atoms with E-state index in [1.807, 2.05) is 6.92 Å². The first kappa shape index (κ1) is 24.6. The molecular weight excluding hydrogens is 504 g/mol. The van der Waals surface area contributed by atoms with Gasteiger partial charge in [0.15, 0.2) is 11.7 Å². The molecule has 0 spiro atoms. The van der Waals surface area contributed by atoms with Crippen LogP contribution >= 0.6 is 24.0 Å². The number of ether oxygens (including phenoxy) is 1. The van der Waals surface area contributed by atoms with E-state index in [9.17, 15) is 18.0 Å². The van der Waals surface area contributed by atoms with Gasteiger partial charge in [0.25, 0.3) is 5.91 Å². The van der Waals surface area contributed by atoms with Crippen LogP contribution in [0.15, 0.2) is 52.1 Å².